The monoisotopic (exact) mass is 237 g/mol. The van der Waals surface area contributed by atoms with Gasteiger partial charge in [-0.3, -0.25) is 9.48 Å². The molecular formula is C12H19N3O2. The van der Waals surface area contributed by atoms with Crippen LogP contribution in [0.3, 0.4) is 0 Å². The molecule has 1 amide bonds. The summed E-state index contributed by atoms with van der Waals surface area (Å²) in [6.45, 7) is 1.77. The largest absolute Gasteiger partial charge is 0.396 e. The standard InChI is InChI=1S/C12H19N3O2/c1-14-11(4-6-13-14)12(17)15-7-2-3-10(9-15)5-8-16/h4,6,10,16H,2-3,5,7-9H2,1H3. The Morgan fingerprint density at radius 1 is 1.65 bits per heavy atom. The Balaban J connectivity index is 2.02. The summed E-state index contributed by atoms with van der Waals surface area (Å²) in [5.41, 5.74) is 0.634. The fourth-order valence-corrected chi connectivity index (χ4v) is 2.41. The van der Waals surface area contributed by atoms with Crippen LogP contribution in [-0.2, 0) is 7.05 Å². The van der Waals surface area contributed by atoms with Gasteiger partial charge in [-0.15, -0.1) is 0 Å². The summed E-state index contributed by atoms with van der Waals surface area (Å²) in [7, 11) is 1.78. The minimum atomic E-state index is 0.0487. The van der Waals surface area contributed by atoms with Gasteiger partial charge in [-0.05, 0) is 31.2 Å². The van der Waals surface area contributed by atoms with Gasteiger partial charge >= 0.3 is 0 Å². The molecule has 94 valence electrons. The van der Waals surface area contributed by atoms with E-state index >= 15 is 0 Å². The van der Waals surface area contributed by atoms with Crippen LogP contribution in [0.1, 0.15) is 29.8 Å². The number of rotatable bonds is 3. The number of hydrogen-bond acceptors (Lipinski definition) is 3. The van der Waals surface area contributed by atoms with Crippen molar-refractivity contribution in [3.8, 4) is 0 Å². The Kier molecular flexibility index (Phi) is 3.78. The van der Waals surface area contributed by atoms with Crippen molar-refractivity contribution in [3.05, 3.63) is 18.0 Å². The first-order chi connectivity index (χ1) is 8.22. The van der Waals surface area contributed by atoms with E-state index in [9.17, 15) is 4.79 Å². The maximum absolute atomic E-state index is 12.2. The third kappa shape index (κ3) is 2.66. The van der Waals surface area contributed by atoms with Crippen LogP contribution < -0.4 is 0 Å². The lowest BCUT2D eigenvalue weighted by molar-refractivity contribution is 0.0642. The van der Waals surface area contributed by atoms with Gasteiger partial charge in [-0.1, -0.05) is 0 Å². The highest BCUT2D eigenvalue weighted by atomic mass is 16.3. The maximum atomic E-state index is 12.2. The van der Waals surface area contributed by atoms with Crippen molar-refractivity contribution in [2.24, 2.45) is 13.0 Å². The van der Waals surface area contributed by atoms with Crippen molar-refractivity contribution in [1.82, 2.24) is 14.7 Å². The molecule has 0 spiro atoms. The Morgan fingerprint density at radius 2 is 2.47 bits per heavy atom. The number of carbonyl (C=O) groups excluding carboxylic acids is 1. The van der Waals surface area contributed by atoms with Crippen LogP contribution in [0.2, 0.25) is 0 Å². The van der Waals surface area contributed by atoms with E-state index in [0.717, 1.165) is 32.4 Å². The molecular weight excluding hydrogens is 218 g/mol. The Hall–Kier alpha value is -1.36. The molecule has 2 rings (SSSR count). The first-order valence-electron chi connectivity index (χ1n) is 6.10. The number of aliphatic hydroxyl groups is 1. The smallest absolute Gasteiger partial charge is 0.272 e. The number of aryl methyl sites for hydroxylation is 1. The number of amides is 1. The van der Waals surface area contributed by atoms with Crippen LogP contribution >= 0.6 is 0 Å². The predicted molar refractivity (Wildman–Crippen MR) is 63.5 cm³/mol. The molecule has 5 heteroatoms. The summed E-state index contributed by atoms with van der Waals surface area (Å²) in [6, 6.07) is 1.75. The molecule has 1 aliphatic heterocycles. The molecule has 1 aromatic heterocycles. The van der Waals surface area contributed by atoms with E-state index in [2.05, 4.69) is 5.10 Å². The van der Waals surface area contributed by atoms with Gasteiger partial charge in [0.1, 0.15) is 5.69 Å². The average molecular weight is 237 g/mol. The molecule has 0 aliphatic carbocycles. The molecule has 1 fully saturated rings. The lowest BCUT2D eigenvalue weighted by atomic mass is 9.95. The molecule has 17 heavy (non-hydrogen) atoms. The van der Waals surface area contributed by atoms with Crippen LogP contribution in [0.4, 0.5) is 0 Å². The number of aromatic nitrogens is 2. The van der Waals surface area contributed by atoms with E-state index in [0.29, 0.717) is 11.6 Å². The lowest BCUT2D eigenvalue weighted by Crippen LogP contribution is -2.40. The van der Waals surface area contributed by atoms with Crippen molar-refractivity contribution < 1.29 is 9.90 Å². The number of nitrogens with zero attached hydrogens (tertiary/aromatic N) is 3. The van der Waals surface area contributed by atoms with Crippen molar-refractivity contribution >= 4 is 5.91 Å². The summed E-state index contributed by atoms with van der Waals surface area (Å²) in [6.07, 6.45) is 4.56. The number of carbonyl (C=O) groups is 1. The summed E-state index contributed by atoms with van der Waals surface area (Å²) < 4.78 is 1.61. The fourth-order valence-electron chi connectivity index (χ4n) is 2.41. The second-order valence-electron chi connectivity index (χ2n) is 4.61. The Morgan fingerprint density at radius 3 is 3.12 bits per heavy atom. The molecule has 2 heterocycles. The van der Waals surface area contributed by atoms with Crippen LogP contribution in [0.25, 0.3) is 0 Å². The summed E-state index contributed by atoms with van der Waals surface area (Å²) in [5, 5.41) is 13.0. The zero-order valence-corrected chi connectivity index (χ0v) is 10.2. The molecule has 1 unspecified atom stereocenters. The van der Waals surface area contributed by atoms with E-state index in [-0.39, 0.29) is 12.5 Å². The van der Waals surface area contributed by atoms with Crippen molar-refractivity contribution in [1.29, 1.82) is 0 Å². The second kappa shape index (κ2) is 5.31. The molecule has 1 atom stereocenters. The number of aliphatic hydroxyl groups excluding tert-OH is 1. The highest BCUT2D eigenvalue weighted by Gasteiger charge is 2.25. The average Bonchev–Trinajstić information content (AvgIpc) is 2.75. The minimum Gasteiger partial charge on any atom is -0.396 e. The van der Waals surface area contributed by atoms with Crippen molar-refractivity contribution in [3.63, 3.8) is 0 Å². The summed E-state index contributed by atoms with van der Waals surface area (Å²) >= 11 is 0. The van der Waals surface area contributed by atoms with E-state index in [1.54, 1.807) is 24.0 Å². The molecule has 1 aliphatic rings. The van der Waals surface area contributed by atoms with E-state index in [4.69, 9.17) is 5.11 Å². The van der Waals surface area contributed by atoms with Gasteiger partial charge in [0, 0.05) is 32.9 Å². The zero-order chi connectivity index (χ0) is 12.3. The van der Waals surface area contributed by atoms with Gasteiger partial charge in [-0.2, -0.15) is 5.10 Å². The zero-order valence-electron chi connectivity index (χ0n) is 10.2. The van der Waals surface area contributed by atoms with Crippen LogP contribution in [-0.4, -0.2) is 45.4 Å². The quantitative estimate of drug-likeness (QED) is 0.840. The normalized spacial score (nSPS) is 20.6. The SMILES string of the molecule is Cn1nccc1C(=O)N1CCCC(CCO)C1. The second-order valence-corrected chi connectivity index (χ2v) is 4.61. The third-order valence-electron chi connectivity index (χ3n) is 3.38. The molecule has 1 aromatic rings. The third-order valence-corrected chi connectivity index (χ3v) is 3.38. The topological polar surface area (TPSA) is 58.4 Å². The van der Waals surface area contributed by atoms with Gasteiger partial charge in [0.2, 0.25) is 0 Å². The highest BCUT2D eigenvalue weighted by Crippen LogP contribution is 2.20. The van der Waals surface area contributed by atoms with E-state index in [1.165, 1.54) is 0 Å². The molecule has 0 bridgehead atoms. The van der Waals surface area contributed by atoms with Crippen molar-refractivity contribution in [2.75, 3.05) is 19.7 Å². The number of hydrogen-bond donors (Lipinski definition) is 1. The van der Waals surface area contributed by atoms with E-state index < -0.39 is 0 Å². The molecule has 5 nitrogen and oxygen atoms in total. The van der Waals surface area contributed by atoms with Gasteiger partial charge in [0.25, 0.3) is 5.91 Å². The molecule has 0 saturated carbocycles. The first-order valence-corrected chi connectivity index (χ1v) is 6.10. The predicted octanol–water partition coefficient (Wildman–Crippen LogP) is 0.655. The van der Waals surface area contributed by atoms with Crippen LogP contribution in [0, 0.1) is 5.92 Å². The van der Waals surface area contributed by atoms with Gasteiger partial charge in [0.15, 0.2) is 0 Å². The van der Waals surface area contributed by atoms with Gasteiger partial charge < -0.3 is 10.0 Å². The molecule has 1 N–H and O–H groups in total. The van der Waals surface area contributed by atoms with Gasteiger partial charge in [0.05, 0.1) is 0 Å². The Labute approximate surface area is 101 Å². The maximum Gasteiger partial charge on any atom is 0.272 e. The molecule has 0 radical (unpaired) electrons. The van der Waals surface area contributed by atoms with Crippen LogP contribution in [0.15, 0.2) is 12.3 Å². The number of piperidine rings is 1. The van der Waals surface area contributed by atoms with E-state index in [1.807, 2.05) is 4.90 Å². The highest BCUT2D eigenvalue weighted by molar-refractivity contribution is 5.92. The molecule has 1 saturated heterocycles. The molecule has 0 aromatic carbocycles. The number of likely N-dealkylation sites (tertiary alicyclic amines) is 1. The summed E-state index contributed by atoms with van der Waals surface area (Å²) in [4.78, 5) is 14.1. The van der Waals surface area contributed by atoms with Gasteiger partial charge in [-0.25, -0.2) is 0 Å². The van der Waals surface area contributed by atoms with Crippen molar-refractivity contribution in [2.45, 2.75) is 19.3 Å². The fraction of sp³-hybridized carbons (Fsp3) is 0.667. The van der Waals surface area contributed by atoms with Crippen LogP contribution in [0.5, 0.6) is 0 Å². The summed E-state index contributed by atoms with van der Waals surface area (Å²) in [5.74, 6) is 0.485. The Bertz CT molecular complexity index is 387. The first kappa shape index (κ1) is 12.1. The lowest BCUT2D eigenvalue weighted by Gasteiger charge is -2.32. The minimum absolute atomic E-state index is 0.0487.